The molecule has 0 saturated carbocycles. The zero-order valence-corrected chi connectivity index (χ0v) is 6.49. The molecule has 1 saturated heterocycles. The lowest BCUT2D eigenvalue weighted by atomic mass is 9.89. The number of hydrogen-bond donors (Lipinski definition) is 1. The van der Waals surface area contributed by atoms with Crippen molar-refractivity contribution in [3.05, 3.63) is 0 Å². The van der Waals surface area contributed by atoms with Gasteiger partial charge in [-0.3, -0.25) is 4.79 Å². The first-order chi connectivity index (χ1) is 4.04. The summed E-state index contributed by atoms with van der Waals surface area (Å²) in [6.07, 6.45) is 0. The van der Waals surface area contributed by atoms with E-state index >= 15 is 0 Å². The molecule has 0 amide bonds. The maximum Gasteiger partial charge on any atom is 0.206 e. The van der Waals surface area contributed by atoms with Crippen LogP contribution in [0.15, 0.2) is 0 Å². The summed E-state index contributed by atoms with van der Waals surface area (Å²) >= 11 is 1.35. The first-order valence-corrected chi connectivity index (χ1v) is 3.95. The van der Waals surface area contributed by atoms with E-state index in [1.165, 1.54) is 11.8 Å². The second-order valence-electron chi connectivity index (χ2n) is 3.07. The number of hydrogen-bond acceptors (Lipinski definition) is 3. The smallest absolute Gasteiger partial charge is 0.206 e. The Morgan fingerprint density at radius 2 is 2.33 bits per heavy atom. The molecule has 1 aliphatic heterocycles. The SMILES string of the molecule is CC1(C)CSC(=O)[C@@H]1N. The van der Waals surface area contributed by atoms with E-state index in [2.05, 4.69) is 0 Å². The first kappa shape index (κ1) is 7.09. The highest BCUT2D eigenvalue weighted by atomic mass is 32.2. The van der Waals surface area contributed by atoms with Gasteiger partial charge in [-0.05, 0) is 5.41 Å². The monoisotopic (exact) mass is 145 g/mol. The lowest BCUT2D eigenvalue weighted by Crippen LogP contribution is -2.37. The fourth-order valence-corrected chi connectivity index (χ4v) is 1.95. The molecule has 0 aromatic rings. The van der Waals surface area contributed by atoms with Crippen LogP contribution < -0.4 is 5.73 Å². The van der Waals surface area contributed by atoms with Crippen LogP contribution in [0.5, 0.6) is 0 Å². The topological polar surface area (TPSA) is 43.1 Å². The Kier molecular flexibility index (Phi) is 1.57. The predicted octanol–water partition coefficient (Wildman–Crippen LogP) is 0.613. The average molecular weight is 145 g/mol. The van der Waals surface area contributed by atoms with E-state index in [0.29, 0.717) is 0 Å². The molecule has 1 aliphatic rings. The van der Waals surface area contributed by atoms with E-state index in [-0.39, 0.29) is 16.6 Å². The number of rotatable bonds is 0. The van der Waals surface area contributed by atoms with Gasteiger partial charge in [0.05, 0.1) is 6.04 Å². The van der Waals surface area contributed by atoms with Gasteiger partial charge in [0.1, 0.15) is 0 Å². The minimum atomic E-state index is -0.248. The van der Waals surface area contributed by atoms with E-state index in [1.807, 2.05) is 13.8 Å². The molecule has 52 valence electrons. The summed E-state index contributed by atoms with van der Waals surface area (Å²) in [4.78, 5) is 10.8. The molecule has 3 heteroatoms. The van der Waals surface area contributed by atoms with Crippen LogP contribution in [-0.2, 0) is 4.79 Å². The van der Waals surface area contributed by atoms with Crippen molar-refractivity contribution in [2.45, 2.75) is 19.9 Å². The van der Waals surface area contributed by atoms with E-state index in [1.54, 1.807) is 0 Å². The molecule has 2 N–H and O–H groups in total. The van der Waals surface area contributed by atoms with Crippen molar-refractivity contribution in [2.75, 3.05) is 5.75 Å². The third-order valence-electron chi connectivity index (χ3n) is 1.68. The van der Waals surface area contributed by atoms with E-state index < -0.39 is 0 Å². The zero-order chi connectivity index (χ0) is 7.07. The van der Waals surface area contributed by atoms with Crippen LogP contribution >= 0.6 is 11.8 Å². The Balaban J connectivity index is 2.73. The van der Waals surface area contributed by atoms with Crippen LogP contribution in [0, 0.1) is 5.41 Å². The summed E-state index contributed by atoms with van der Waals surface area (Å²) in [5.74, 6) is 0.868. The van der Waals surface area contributed by atoms with Crippen molar-refractivity contribution in [3.8, 4) is 0 Å². The third kappa shape index (κ3) is 1.12. The summed E-state index contributed by atoms with van der Waals surface area (Å²) < 4.78 is 0. The van der Waals surface area contributed by atoms with Gasteiger partial charge in [-0.25, -0.2) is 0 Å². The fourth-order valence-electron chi connectivity index (χ4n) is 0.756. The molecule has 9 heavy (non-hydrogen) atoms. The predicted molar refractivity (Wildman–Crippen MR) is 39.2 cm³/mol. The number of carbonyl (C=O) groups is 1. The fraction of sp³-hybridized carbons (Fsp3) is 0.833. The Morgan fingerprint density at radius 3 is 2.44 bits per heavy atom. The van der Waals surface area contributed by atoms with Crippen LogP contribution in [0.1, 0.15) is 13.8 Å². The van der Waals surface area contributed by atoms with Gasteiger partial charge >= 0.3 is 0 Å². The highest BCUT2D eigenvalue weighted by molar-refractivity contribution is 8.14. The Bertz CT molecular complexity index is 144. The highest BCUT2D eigenvalue weighted by Gasteiger charge is 2.38. The molecule has 2 nitrogen and oxygen atoms in total. The molecule has 0 unspecified atom stereocenters. The summed E-state index contributed by atoms with van der Waals surface area (Å²) in [6, 6.07) is -0.248. The van der Waals surface area contributed by atoms with Crippen molar-refractivity contribution >= 4 is 16.9 Å². The van der Waals surface area contributed by atoms with Gasteiger partial charge in [-0.15, -0.1) is 0 Å². The molecule has 0 aromatic carbocycles. The van der Waals surface area contributed by atoms with Crippen molar-refractivity contribution in [2.24, 2.45) is 11.1 Å². The molecule has 0 aliphatic carbocycles. The van der Waals surface area contributed by atoms with Gasteiger partial charge in [0.15, 0.2) is 0 Å². The molecule has 1 atom stereocenters. The van der Waals surface area contributed by atoms with Crippen LogP contribution in [0.3, 0.4) is 0 Å². The molecule has 0 bridgehead atoms. The lowest BCUT2D eigenvalue weighted by Gasteiger charge is -2.19. The van der Waals surface area contributed by atoms with Crippen LogP contribution in [-0.4, -0.2) is 16.9 Å². The molecular weight excluding hydrogens is 134 g/mol. The first-order valence-electron chi connectivity index (χ1n) is 2.96. The summed E-state index contributed by atoms with van der Waals surface area (Å²) in [5, 5.41) is 0.139. The van der Waals surface area contributed by atoms with Crippen molar-refractivity contribution in [1.29, 1.82) is 0 Å². The standard InChI is InChI=1S/C6H11NOS/c1-6(2)3-9-5(8)4(6)7/h4H,3,7H2,1-2H3/t4-/m0/s1. The van der Waals surface area contributed by atoms with Gasteiger partial charge in [0.2, 0.25) is 5.12 Å². The number of carbonyl (C=O) groups excluding carboxylic acids is 1. The van der Waals surface area contributed by atoms with Gasteiger partial charge in [-0.1, -0.05) is 25.6 Å². The normalized spacial score (nSPS) is 33.2. The van der Waals surface area contributed by atoms with E-state index in [9.17, 15) is 4.79 Å². The quantitative estimate of drug-likeness (QED) is 0.543. The van der Waals surface area contributed by atoms with Gasteiger partial charge < -0.3 is 5.73 Å². The van der Waals surface area contributed by atoms with Crippen LogP contribution in [0.2, 0.25) is 0 Å². The minimum Gasteiger partial charge on any atom is -0.320 e. The summed E-state index contributed by atoms with van der Waals surface area (Å²) in [6.45, 7) is 4.05. The zero-order valence-electron chi connectivity index (χ0n) is 5.68. The summed E-state index contributed by atoms with van der Waals surface area (Å²) in [7, 11) is 0. The highest BCUT2D eigenvalue weighted by Crippen LogP contribution is 2.34. The maximum atomic E-state index is 10.8. The summed E-state index contributed by atoms with van der Waals surface area (Å²) in [5.41, 5.74) is 5.60. The molecule has 1 heterocycles. The van der Waals surface area contributed by atoms with Crippen molar-refractivity contribution in [1.82, 2.24) is 0 Å². The minimum absolute atomic E-state index is 0.0156. The van der Waals surface area contributed by atoms with Gasteiger partial charge in [0, 0.05) is 5.75 Å². The second-order valence-corrected chi connectivity index (χ2v) is 4.05. The van der Waals surface area contributed by atoms with Gasteiger partial charge in [0.25, 0.3) is 0 Å². The van der Waals surface area contributed by atoms with Crippen molar-refractivity contribution in [3.63, 3.8) is 0 Å². The Hall–Kier alpha value is -0.0200. The Labute approximate surface area is 59.2 Å². The number of thioether (sulfide) groups is 1. The molecular formula is C6H11NOS. The molecule has 1 fully saturated rings. The molecule has 1 rings (SSSR count). The Morgan fingerprint density at radius 1 is 1.78 bits per heavy atom. The van der Waals surface area contributed by atoms with E-state index in [4.69, 9.17) is 5.73 Å². The maximum absolute atomic E-state index is 10.8. The van der Waals surface area contributed by atoms with Crippen LogP contribution in [0.4, 0.5) is 0 Å². The van der Waals surface area contributed by atoms with Gasteiger partial charge in [-0.2, -0.15) is 0 Å². The van der Waals surface area contributed by atoms with Crippen LogP contribution in [0.25, 0.3) is 0 Å². The largest absolute Gasteiger partial charge is 0.320 e. The van der Waals surface area contributed by atoms with Crippen molar-refractivity contribution < 1.29 is 4.79 Å². The molecule has 0 aromatic heterocycles. The molecule has 0 spiro atoms. The van der Waals surface area contributed by atoms with E-state index in [0.717, 1.165) is 5.75 Å². The average Bonchev–Trinajstić information content (AvgIpc) is 1.97. The second kappa shape index (κ2) is 1.99. The third-order valence-corrected chi connectivity index (χ3v) is 3.11. The number of nitrogens with two attached hydrogens (primary N) is 1. The molecule has 0 radical (unpaired) electrons. The lowest BCUT2D eigenvalue weighted by molar-refractivity contribution is -0.113.